The van der Waals surface area contributed by atoms with Gasteiger partial charge in [-0.1, -0.05) is 12.1 Å². The van der Waals surface area contributed by atoms with Crippen LogP contribution in [0.2, 0.25) is 0 Å². The molecule has 0 bridgehead atoms. The lowest BCUT2D eigenvalue weighted by molar-refractivity contribution is 0.0682. The summed E-state index contributed by atoms with van der Waals surface area (Å²) in [4.78, 5) is 27.5. The number of likely N-dealkylation sites (tertiary alicyclic amines) is 1. The molecule has 2 aromatic rings. The van der Waals surface area contributed by atoms with Crippen molar-refractivity contribution in [1.82, 2.24) is 4.90 Å². The number of nitrogens with one attached hydrogen (secondary N) is 1. The lowest BCUT2D eigenvalue weighted by atomic mass is 9.90. The molecule has 28 heavy (non-hydrogen) atoms. The highest BCUT2D eigenvalue weighted by Gasteiger charge is 2.26. The molecule has 1 heterocycles. The van der Waals surface area contributed by atoms with Crippen LogP contribution in [0.25, 0.3) is 0 Å². The zero-order valence-electron chi connectivity index (χ0n) is 16.4. The summed E-state index contributed by atoms with van der Waals surface area (Å²) in [6.45, 7) is 3.39. The molecule has 2 aromatic carbocycles. The van der Waals surface area contributed by atoms with E-state index in [1.165, 1.54) is 0 Å². The second kappa shape index (κ2) is 8.89. The molecule has 1 aliphatic heterocycles. The van der Waals surface area contributed by atoms with Crippen LogP contribution in [0.1, 0.15) is 40.5 Å². The van der Waals surface area contributed by atoms with Gasteiger partial charge < -0.3 is 20.7 Å². The number of anilines is 1. The van der Waals surface area contributed by atoms with E-state index >= 15 is 0 Å². The van der Waals surface area contributed by atoms with Gasteiger partial charge in [-0.25, -0.2) is 0 Å². The van der Waals surface area contributed by atoms with Crippen LogP contribution in [-0.2, 0) is 0 Å². The number of carbonyl (C=O) groups is 2. The predicted molar refractivity (Wildman–Crippen MR) is 110 cm³/mol. The fourth-order valence-electron chi connectivity index (χ4n) is 3.51. The van der Waals surface area contributed by atoms with Crippen LogP contribution in [-0.4, -0.2) is 43.0 Å². The molecular formula is C22H27N3O3. The molecule has 1 fully saturated rings. The molecule has 6 nitrogen and oxygen atoms in total. The number of methoxy groups -OCH3 is 1. The third kappa shape index (κ3) is 4.51. The minimum Gasteiger partial charge on any atom is -0.497 e. The summed E-state index contributed by atoms with van der Waals surface area (Å²) >= 11 is 0. The zero-order chi connectivity index (χ0) is 20.1. The lowest BCUT2D eigenvalue weighted by Crippen LogP contribution is -2.42. The number of hydrogen-bond acceptors (Lipinski definition) is 4. The Balaban J connectivity index is 1.72. The van der Waals surface area contributed by atoms with Crippen LogP contribution in [0.3, 0.4) is 0 Å². The SMILES string of the molecule is COc1ccc(C(=O)Nc2ccccc2C(=O)N2CCC(C(C)N)CC2)cc1. The average molecular weight is 381 g/mol. The van der Waals surface area contributed by atoms with Crippen molar-refractivity contribution in [3.63, 3.8) is 0 Å². The van der Waals surface area contributed by atoms with Crippen molar-refractivity contribution in [2.45, 2.75) is 25.8 Å². The molecule has 148 valence electrons. The first-order valence-corrected chi connectivity index (χ1v) is 9.59. The van der Waals surface area contributed by atoms with E-state index in [-0.39, 0.29) is 17.9 Å². The quantitative estimate of drug-likeness (QED) is 0.833. The number of ether oxygens (including phenoxy) is 1. The Morgan fingerprint density at radius 1 is 1.11 bits per heavy atom. The minimum atomic E-state index is -0.265. The first kappa shape index (κ1) is 19.9. The van der Waals surface area contributed by atoms with Gasteiger partial charge in [-0.3, -0.25) is 9.59 Å². The Bertz CT molecular complexity index is 825. The Morgan fingerprint density at radius 3 is 2.36 bits per heavy atom. The molecule has 0 saturated carbocycles. The molecule has 1 saturated heterocycles. The van der Waals surface area contributed by atoms with Crippen molar-refractivity contribution in [3.05, 3.63) is 59.7 Å². The van der Waals surface area contributed by atoms with Crippen LogP contribution in [0.5, 0.6) is 5.75 Å². The molecule has 0 aliphatic carbocycles. The molecule has 1 aliphatic rings. The maximum Gasteiger partial charge on any atom is 0.255 e. The van der Waals surface area contributed by atoms with Crippen molar-refractivity contribution in [2.24, 2.45) is 11.7 Å². The predicted octanol–water partition coefficient (Wildman–Crippen LogP) is 3.15. The molecular weight excluding hydrogens is 354 g/mol. The first-order valence-electron chi connectivity index (χ1n) is 9.59. The van der Waals surface area contributed by atoms with E-state index in [1.807, 2.05) is 24.0 Å². The Morgan fingerprint density at radius 2 is 1.75 bits per heavy atom. The highest BCUT2D eigenvalue weighted by Crippen LogP contribution is 2.24. The topological polar surface area (TPSA) is 84.7 Å². The number of rotatable bonds is 5. The van der Waals surface area contributed by atoms with Crippen molar-refractivity contribution in [1.29, 1.82) is 0 Å². The Kier molecular flexibility index (Phi) is 6.31. The molecule has 0 spiro atoms. The molecule has 0 radical (unpaired) electrons. The first-order chi connectivity index (χ1) is 13.5. The second-order valence-corrected chi connectivity index (χ2v) is 7.22. The second-order valence-electron chi connectivity index (χ2n) is 7.22. The van der Waals surface area contributed by atoms with E-state index in [1.54, 1.807) is 43.5 Å². The summed E-state index contributed by atoms with van der Waals surface area (Å²) in [6, 6.07) is 14.1. The summed E-state index contributed by atoms with van der Waals surface area (Å²) in [5.74, 6) is 0.809. The maximum atomic E-state index is 13.0. The molecule has 1 atom stereocenters. The van der Waals surface area contributed by atoms with Crippen LogP contribution in [0, 0.1) is 5.92 Å². The Hall–Kier alpha value is -2.86. The molecule has 3 N–H and O–H groups in total. The largest absolute Gasteiger partial charge is 0.497 e. The van der Waals surface area contributed by atoms with Crippen LogP contribution in [0.15, 0.2) is 48.5 Å². The van der Waals surface area contributed by atoms with E-state index in [0.717, 1.165) is 12.8 Å². The lowest BCUT2D eigenvalue weighted by Gasteiger charge is -2.34. The monoisotopic (exact) mass is 381 g/mol. The van der Waals surface area contributed by atoms with E-state index in [9.17, 15) is 9.59 Å². The van der Waals surface area contributed by atoms with Crippen LogP contribution >= 0.6 is 0 Å². The standard InChI is InChI=1S/C22H27N3O3/c1-15(23)16-11-13-25(14-12-16)22(27)19-5-3-4-6-20(19)24-21(26)17-7-9-18(28-2)10-8-17/h3-10,15-16H,11-14,23H2,1-2H3,(H,24,26). The highest BCUT2D eigenvalue weighted by atomic mass is 16.5. The summed E-state index contributed by atoms with van der Waals surface area (Å²) < 4.78 is 5.12. The van der Waals surface area contributed by atoms with Gasteiger partial charge in [0.1, 0.15) is 5.75 Å². The molecule has 1 unspecified atom stereocenters. The number of para-hydroxylation sites is 1. The van der Waals surface area contributed by atoms with Crippen molar-refractivity contribution >= 4 is 17.5 Å². The molecule has 3 rings (SSSR count). The zero-order valence-corrected chi connectivity index (χ0v) is 16.4. The fraction of sp³-hybridized carbons (Fsp3) is 0.364. The van der Waals surface area contributed by atoms with Gasteiger partial charge in [-0.15, -0.1) is 0 Å². The normalized spacial score (nSPS) is 15.8. The molecule has 6 heteroatoms. The van der Waals surface area contributed by atoms with Gasteiger partial charge in [0, 0.05) is 24.7 Å². The maximum absolute atomic E-state index is 13.0. The average Bonchev–Trinajstić information content (AvgIpc) is 2.73. The smallest absolute Gasteiger partial charge is 0.255 e. The van der Waals surface area contributed by atoms with Gasteiger partial charge in [0.15, 0.2) is 0 Å². The fourth-order valence-corrected chi connectivity index (χ4v) is 3.51. The van der Waals surface area contributed by atoms with Gasteiger partial charge >= 0.3 is 0 Å². The van der Waals surface area contributed by atoms with E-state index < -0.39 is 0 Å². The summed E-state index contributed by atoms with van der Waals surface area (Å²) in [5, 5.41) is 2.86. The third-order valence-electron chi connectivity index (χ3n) is 5.33. The van der Waals surface area contributed by atoms with Crippen molar-refractivity contribution < 1.29 is 14.3 Å². The van der Waals surface area contributed by atoms with Crippen molar-refractivity contribution in [2.75, 3.05) is 25.5 Å². The van der Waals surface area contributed by atoms with Crippen LogP contribution < -0.4 is 15.8 Å². The highest BCUT2D eigenvalue weighted by molar-refractivity contribution is 6.09. The number of hydrogen-bond donors (Lipinski definition) is 2. The van der Waals surface area contributed by atoms with Gasteiger partial charge in [-0.2, -0.15) is 0 Å². The van der Waals surface area contributed by atoms with Gasteiger partial charge in [0.2, 0.25) is 0 Å². The summed E-state index contributed by atoms with van der Waals surface area (Å²) in [7, 11) is 1.58. The number of piperidine rings is 1. The number of nitrogens with two attached hydrogens (primary N) is 1. The van der Waals surface area contributed by atoms with E-state index in [0.29, 0.717) is 41.6 Å². The molecule has 0 aromatic heterocycles. The summed E-state index contributed by atoms with van der Waals surface area (Å²) in [6.07, 6.45) is 1.81. The Labute approximate surface area is 165 Å². The number of benzene rings is 2. The third-order valence-corrected chi connectivity index (χ3v) is 5.33. The number of carbonyl (C=O) groups excluding carboxylic acids is 2. The minimum absolute atomic E-state index is 0.0613. The van der Waals surface area contributed by atoms with Crippen LogP contribution in [0.4, 0.5) is 5.69 Å². The molecule has 2 amide bonds. The van der Waals surface area contributed by atoms with Gasteiger partial charge in [0.05, 0.1) is 18.4 Å². The van der Waals surface area contributed by atoms with E-state index in [2.05, 4.69) is 5.32 Å². The summed E-state index contributed by atoms with van der Waals surface area (Å²) in [5.41, 5.74) is 7.51. The van der Waals surface area contributed by atoms with Gasteiger partial charge in [0.25, 0.3) is 11.8 Å². The van der Waals surface area contributed by atoms with Gasteiger partial charge in [-0.05, 0) is 62.1 Å². The number of nitrogens with zero attached hydrogens (tertiary/aromatic N) is 1. The van der Waals surface area contributed by atoms with E-state index in [4.69, 9.17) is 10.5 Å². The number of amides is 2. The van der Waals surface area contributed by atoms with Crippen molar-refractivity contribution in [3.8, 4) is 5.75 Å².